The van der Waals surface area contributed by atoms with Gasteiger partial charge in [-0.15, -0.1) is 0 Å². The summed E-state index contributed by atoms with van der Waals surface area (Å²) in [5.74, 6) is -2.06. The van der Waals surface area contributed by atoms with Crippen LogP contribution in [0.25, 0.3) is 0 Å². The van der Waals surface area contributed by atoms with E-state index < -0.39 is 39.6 Å². The Kier molecular flexibility index (Phi) is 7.48. The Morgan fingerprint density at radius 2 is 1.62 bits per heavy atom. The average molecular weight is 525 g/mol. The number of rotatable bonds is 8. The fourth-order valence-corrected chi connectivity index (χ4v) is 4.98. The molecule has 1 saturated heterocycles. The highest BCUT2D eigenvalue weighted by Crippen LogP contribution is 2.23. The van der Waals surface area contributed by atoms with E-state index in [0.717, 1.165) is 22.6 Å². The number of imide groups is 1. The molecule has 37 heavy (non-hydrogen) atoms. The van der Waals surface area contributed by atoms with Crippen LogP contribution in [0.15, 0.2) is 77.7 Å². The van der Waals surface area contributed by atoms with Crippen molar-refractivity contribution < 1.29 is 27.2 Å². The first-order chi connectivity index (χ1) is 17.6. The molecular formula is C26H25FN4O5S. The quantitative estimate of drug-likeness (QED) is 0.346. The van der Waals surface area contributed by atoms with Crippen molar-refractivity contribution in [1.82, 2.24) is 15.2 Å². The number of amides is 3. The Labute approximate surface area is 213 Å². The summed E-state index contributed by atoms with van der Waals surface area (Å²) >= 11 is 0. The van der Waals surface area contributed by atoms with Gasteiger partial charge in [0.15, 0.2) is 0 Å². The van der Waals surface area contributed by atoms with Crippen molar-refractivity contribution in [3.8, 4) is 0 Å². The lowest BCUT2D eigenvalue weighted by molar-refractivity contribution is -0.121. The van der Waals surface area contributed by atoms with E-state index in [9.17, 15) is 27.2 Å². The fourth-order valence-electron chi connectivity index (χ4n) is 3.82. The minimum Gasteiger partial charge on any atom is -0.287 e. The Bertz CT molecular complexity index is 1430. The summed E-state index contributed by atoms with van der Waals surface area (Å²) < 4.78 is 40.0. The van der Waals surface area contributed by atoms with Crippen LogP contribution in [0.2, 0.25) is 0 Å². The summed E-state index contributed by atoms with van der Waals surface area (Å²) in [6.45, 7) is 1.98. The molecule has 3 aromatic rings. The van der Waals surface area contributed by atoms with Gasteiger partial charge in [-0.2, -0.15) is 4.31 Å². The third-order valence-electron chi connectivity index (χ3n) is 5.94. The first-order valence-corrected chi connectivity index (χ1v) is 12.8. The second-order valence-corrected chi connectivity index (χ2v) is 10.7. The van der Waals surface area contributed by atoms with Gasteiger partial charge in [0.05, 0.1) is 17.0 Å². The lowest BCUT2D eigenvalue weighted by atomic mass is 10.1. The Morgan fingerprint density at radius 3 is 2.24 bits per heavy atom. The van der Waals surface area contributed by atoms with Crippen molar-refractivity contribution in [3.05, 3.63) is 95.3 Å². The number of benzene rings is 3. The molecular weight excluding hydrogens is 499 g/mol. The number of hydrogen-bond acceptors (Lipinski definition) is 6. The number of hydrogen-bond donors (Lipinski definition) is 2. The van der Waals surface area contributed by atoms with E-state index in [1.807, 2.05) is 6.92 Å². The largest absolute Gasteiger partial charge is 0.287 e. The number of nitrogens with one attached hydrogen (secondary N) is 2. The maximum atomic E-state index is 13.2. The van der Waals surface area contributed by atoms with Crippen LogP contribution in [0.4, 0.5) is 10.1 Å². The molecule has 1 fully saturated rings. The van der Waals surface area contributed by atoms with E-state index in [1.165, 1.54) is 35.6 Å². The summed E-state index contributed by atoms with van der Waals surface area (Å²) in [7, 11) is -2.19. The summed E-state index contributed by atoms with van der Waals surface area (Å²) in [5, 5.41) is 0. The second kappa shape index (κ2) is 10.6. The summed E-state index contributed by atoms with van der Waals surface area (Å²) in [6.07, 6.45) is -0.169. The van der Waals surface area contributed by atoms with Crippen LogP contribution in [0, 0.1) is 12.7 Å². The smallest absolute Gasteiger partial charge is 0.265 e. The number of anilines is 1. The summed E-state index contributed by atoms with van der Waals surface area (Å²) in [4.78, 5) is 38.6. The molecule has 0 bridgehead atoms. The normalized spacial score (nSPS) is 15.9. The standard InChI is InChI=1S/C26H25FN4O5S/c1-17-3-13-22(14-4-17)37(35,36)30(2)16-18-5-7-19(8-6-18)25(33)29-28-23-15-24(32)31(26(23)34)21-11-9-20(27)10-12-21/h3-14,23,28H,15-16H2,1-2H3,(H,29,33)/t23-/m1/s1. The Hall–Kier alpha value is -3.93. The van der Waals surface area contributed by atoms with Gasteiger partial charge in [0.25, 0.3) is 11.8 Å². The van der Waals surface area contributed by atoms with E-state index in [1.54, 1.807) is 36.4 Å². The number of halogens is 1. The van der Waals surface area contributed by atoms with Crippen LogP contribution >= 0.6 is 0 Å². The molecule has 0 radical (unpaired) electrons. The zero-order valence-corrected chi connectivity index (χ0v) is 21.0. The van der Waals surface area contributed by atoms with E-state index in [4.69, 9.17) is 0 Å². The first-order valence-electron chi connectivity index (χ1n) is 11.4. The number of sulfonamides is 1. The highest BCUT2D eigenvalue weighted by Gasteiger charge is 2.39. The topological polar surface area (TPSA) is 116 Å². The monoisotopic (exact) mass is 524 g/mol. The molecule has 192 valence electrons. The van der Waals surface area contributed by atoms with E-state index >= 15 is 0 Å². The Morgan fingerprint density at radius 1 is 1.00 bits per heavy atom. The second-order valence-electron chi connectivity index (χ2n) is 8.67. The predicted molar refractivity (Wildman–Crippen MR) is 134 cm³/mol. The van der Waals surface area contributed by atoms with Gasteiger partial charge < -0.3 is 0 Å². The third kappa shape index (κ3) is 5.74. The molecule has 0 saturated carbocycles. The number of nitrogens with zero attached hydrogens (tertiary/aromatic N) is 2. The van der Waals surface area contributed by atoms with Gasteiger partial charge in [0.2, 0.25) is 15.9 Å². The average Bonchev–Trinajstić information content (AvgIpc) is 3.16. The fraction of sp³-hybridized carbons (Fsp3) is 0.192. The van der Waals surface area contributed by atoms with Crippen LogP contribution in [0.5, 0.6) is 0 Å². The van der Waals surface area contributed by atoms with Crippen LogP contribution in [-0.2, 0) is 26.2 Å². The zero-order chi connectivity index (χ0) is 26.7. The molecule has 1 aliphatic rings. The molecule has 3 amide bonds. The van der Waals surface area contributed by atoms with Gasteiger partial charge in [-0.3, -0.25) is 19.8 Å². The predicted octanol–water partition coefficient (Wildman–Crippen LogP) is 2.52. The highest BCUT2D eigenvalue weighted by molar-refractivity contribution is 7.89. The minimum atomic E-state index is -3.67. The number of hydrazine groups is 1. The molecule has 0 unspecified atom stereocenters. The highest BCUT2D eigenvalue weighted by atomic mass is 32.2. The van der Waals surface area contributed by atoms with Crippen molar-refractivity contribution >= 4 is 33.4 Å². The zero-order valence-electron chi connectivity index (χ0n) is 20.1. The first kappa shape index (κ1) is 26.1. The number of aryl methyl sites for hydroxylation is 1. The molecule has 1 heterocycles. The molecule has 0 spiro atoms. The summed E-state index contributed by atoms with van der Waals surface area (Å²) in [5.41, 5.74) is 7.17. The van der Waals surface area contributed by atoms with Gasteiger partial charge >= 0.3 is 0 Å². The molecule has 1 aliphatic heterocycles. The lowest BCUT2D eigenvalue weighted by Gasteiger charge is -2.18. The molecule has 0 aliphatic carbocycles. The van der Waals surface area contributed by atoms with Crippen molar-refractivity contribution in [2.45, 2.75) is 30.8 Å². The summed E-state index contributed by atoms with van der Waals surface area (Å²) in [6, 6.07) is 16.9. The molecule has 4 rings (SSSR count). The molecule has 9 nitrogen and oxygen atoms in total. The van der Waals surface area contributed by atoms with Gasteiger partial charge in [0, 0.05) is 19.2 Å². The maximum absolute atomic E-state index is 13.2. The van der Waals surface area contributed by atoms with Crippen molar-refractivity contribution in [2.75, 3.05) is 11.9 Å². The molecule has 11 heteroatoms. The molecule has 3 aromatic carbocycles. The van der Waals surface area contributed by atoms with E-state index in [0.29, 0.717) is 5.56 Å². The van der Waals surface area contributed by atoms with Crippen LogP contribution < -0.4 is 15.8 Å². The number of carbonyl (C=O) groups is 3. The van der Waals surface area contributed by atoms with Gasteiger partial charge in [0.1, 0.15) is 11.9 Å². The van der Waals surface area contributed by atoms with E-state index in [2.05, 4.69) is 10.9 Å². The van der Waals surface area contributed by atoms with E-state index in [-0.39, 0.29) is 29.1 Å². The van der Waals surface area contributed by atoms with Gasteiger partial charge in [-0.1, -0.05) is 29.8 Å². The van der Waals surface area contributed by atoms with Crippen LogP contribution in [-0.4, -0.2) is 43.5 Å². The van der Waals surface area contributed by atoms with Gasteiger partial charge in [-0.25, -0.2) is 23.1 Å². The molecule has 0 aromatic heterocycles. The van der Waals surface area contributed by atoms with Gasteiger partial charge in [-0.05, 0) is 61.0 Å². The van der Waals surface area contributed by atoms with Crippen molar-refractivity contribution in [2.24, 2.45) is 0 Å². The minimum absolute atomic E-state index is 0.105. The SMILES string of the molecule is Cc1ccc(S(=O)(=O)N(C)Cc2ccc(C(=O)NN[C@@H]3CC(=O)N(c4ccc(F)cc4)C3=O)cc2)cc1. The van der Waals surface area contributed by atoms with Crippen LogP contribution in [0.3, 0.4) is 0 Å². The molecule has 1 atom stereocenters. The van der Waals surface area contributed by atoms with Crippen LogP contribution in [0.1, 0.15) is 27.9 Å². The third-order valence-corrected chi connectivity index (χ3v) is 7.76. The lowest BCUT2D eigenvalue weighted by Crippen LogP contribution is -2.48. The molecule has 2 N–H and O–H groups in total. The van der Waals surface area contributed by atoms with Crippen molar-refractivity contribution in [3.63, 3.8) is 0 Å². The number of carbonyl (C=O) groups excluding carboxylic acids is 3. The van der Waals surface area contributed by atoms with Crippen molar-refractivity contribution in [1.29, 1.82) is 0 Å². The maximum Gasteiger partial charge on any atom is 0.265 e. The Balaban J connectivity index is 1.34.